The molecule has 0 radical (unpaired) electrons. The van der Waals surface area contributed by atoms with E-state index >= 15 is 0 Å². The van der Waals surface area contributed by atoms with Crippen LogP contribution in [0.15, 0.2) is 0 Å². The van der Waals surface area contributed by atoms with Gasteiger partial charge in [0.2, 0.25) is 0 Å². The van der Waals surface area contributed by atoms with Gasteiger partial charge < -0.3 is 10.1 Å². The van der Waals surface area contributed by atoms with Gasteiger partial charge in [-0.3, -0.25) is 0 Å². The molecule has 1 unspecified atom stereocenters. The van der Waals surface area contributed by atoms with Crippen LogP contribution in [0.4, 0.5) is 0 Å². The van der Waals surface area contributed by atoms with Crippen molar-refractivity contribution in [1.82, 2.24) is 5.32 Å². The lowest BCUT2D eigenvalue weighted by Crippen LogP contribution is -2.34. The predicted molar refractivity (Wildman–Crippen MR) is 70.0 cm³/mol. The fourth-order valence-corrected chi connectivity index (χ4v) is 2.73. The molecular weight excluding hydrogens is 238 g/mol. The first-order valence-corrected chi connectivity index (χ1v) is 8.26. The second-order valence-electron chi connectivity index (χ2n) is 4.96. The fraction of sp³-hybridized carbons (Fsp3) is 1.00. The van der Waals surface area contributed by atoms with Crippen molar-refractivity contribution in [2.45, 2.75) is 50.8 Å². The average molecular weight is 263 g/mol. The van der Waals surface area contributed by atoms with Crippen LogP contribution in [0, 0.1) is 0 Å². The Morgan fingerprint density at radius 3 is 2.65 bits per heavy atom. The van der Waals surface area contributed by atoms with E-state index in [1.807, 2.05) is 0 Å². The van der Waals surface area contributed by atoms with E-state index in [4.69, 9.17) is 4.74 Å². The Hall–Kier alpha value is -0.130. The Morgan fingerprint density at radius 1 is 1.29 bits per heavy atom. The van der Waals surface area contributed by atoms with Gasteiger partial charge in [0.25, 0.3) is 0 Å². The van der Waals surface area contributed by atoms with Gasteiger partial charge in [0.05, 0.1) is 17.6 Å². The predicted octanol–water partition coefficient (Wildman–Crippen LogP) is 1.36. The molecule has 0 aromatic carbocycles. The van der Waals surface area contributed by atoms with Crippen molar-refractivity contribution in [3.63, 3.8) is 0 Å². The molecule has 1 aliphatic heterocycles. The SMILES string of the molecule is CC(C)S(=O)(=O)CCOCCC1CCCCN1. The molecule has 4 nitrogen and oxygen atoms in total. The summed E-state index contributed by atoms with van der Waals surface area (Å²) < 4.78 is 28.4. The van der Waals surface area contributed by atoms with Crippen LogP contribution in [0.1, 0.15) is 39.5 Å². The number of hydrogen-bond donors (Lipinski definition) is 1. The molecule has 1 heterocycles. The minimum atomic E-state index is -2.94. The third-order valence-electron chi connectivity index (χ3n) is 3.25. The molecule has 1 saturated heterocycles. The van der Waals surface area contributed by atoms with Crippen LogP contribution >= 0.6 is 0 Å². The van der Waals surface area contributed by atoms with Crippen molar-refractivity contribution in [3.8, 4) is 0 Å². The Morgan fingerprint density at radius 2 is 2.06 bits per heavy atom. The van der Waals surface area contributed by atoms with Gasteiger partial charge in [0, 0.05) is 12.6 Å². The molecule has 0 amide bonds. The first-order valence-electron chi connectivity index (χ1n) is 6.55. The molecule has 0 spiro atoms. The van der Waals surface area contributed by atoms with Crippen LogP contribution < -0.4 is 5.32 Å². The molecule has 0 aliphatic carbocycles. The second-order valence-corrected chi connectivity index (χ2v) is 7.64. The highest BCUT2D eigenvalue weighted by Gasteiger charge is 2.16. The standard InChI is InChI=1S/C12H25NO3S/c1-11(2)17(14,15)10-9-16-8-6-12-5-3-4-7-13-12/h11-13H,3-10H2,1-2H3. The molecule has 1 N–H and O–H groups in total. The van der Waals surface area contributed by atoms with Gasteiger partial charge in [-0.25, -0.2) is 8.42 Å². The van der Waals surface area contributed by atoms with E-state index in [1.54, 1.807) is 13.8 Å². The summed E-state index contributed by atoms with van der Waals surface area (Å²) in [4.78, 5) is 0. The van der Waals surface area contributed by atoms with E-state index in [2.05, 4.69) is 5.32 Å². The molecular formula is C12H25NO3S. The van der Waals surface area contributed by atoms with Crippen LogP contribution in [0.3, 0.4) is 0 Å². The Labute approximate surface area is 105 Å². The fourth-order valence-electron chi connectivity index (χ4n) is 1.91. The molecule has 0 saturated carbocycles. The van der Waals surface area contributed by atoms with Gasteiger partial charge in [-0.2, -0.15) is 0 Å². The maximum atomic E-state index is 11.5. The lowest BCUT2D eigenvalue weighted by molar-refractivity contribution is 0.134. The zero-order chi connectivity index (χ0) is 12.7. The number of hydrogen-bond acceptors (Lipinski definition) is 4. The summed E-state index contributed by atoms with van der Waals surface area (Å²) in [6.45, 7) is 5.51. The molecule has 0 aromatic rings. The highest BCUT2D eigenvalue weighted by Crippen LogP contribution is 2.10. The van der Waals surface area contributed by atoms with Crippen LogP contribution in [-0.4, -0.2) is 45.2 Å². The van der Waals surface area contributed by atoms with Crippen molar-refractivity contribution >= 4 is 9.84 Å². The number of nitrogens with one attached hydrogen (secondary N) is 1. The average Bonchev–Trinajstić information content (AvgIpc) is 2.29. The van der Waals surface area contributed by atoms with Crippen LogP contribution in [0.25, 0.3) is 0 Å². The summed E-state index contributed by atoms with van der Waals surface area (Å²) in [6, 6.07) is 0.561. The molecule has 102 valence electrons. The first-order chi connectivity index (χ1) is 8.02. The lowest BCUT2D eigenvalue weighted by atomic mass is 10.0. The van der Waals surface area contributed by atoms with Gasteiger partial charge in [0.15, 0.2) is 9.84 Å². The summed E-state index contributed by atoms with van der Waals surface area (Å²) in [5, 5.41) is 3.15. The second kappa shape index (κ2) is 7.34. The summed E-state index contributed by atoms with van der Waals surface area (Å²) >= 11 is 0. The van der Waals surface area contributed by atoms with Crippen molar-refractivity contribution in [2.75, 3.05) is 25.5 Å². The van der Waals surface area contributed by atoms with Gasteiger partial charge in [0.1, 0.15) is 0 Å². The molecule has 1 rings (SSSR count). The summed E-state index contributed by atoms with van der Waals surface area (Å²) in [6.07, 6.45) is 4.76. The van der Waals surface area contributed by atoms with Gasteiger partial charge >= 0.3 is 0 Å². The quantitative estimate of drug-likeness (QED) is 0.705. The topological polar surface area (TPSA) is 55.4 Å². The van der Waals surface area contributed by atoms with E-state index in [1.165, 1.54) is 19.3 Å². The van der Waals surface area contributed by atoms with Crippen molar-refractivity contribution in [1.29, 1.82) is 0 Å². The van der Waals surface area contributed by atoms with E-state index < -0.39 is 9.84 Å². The van der Waals surface area contributed by atoms with Crippen molar-refractivity contribution in [2.24, 2.45) is 0 Å². The van der Waals surface area contributed by atoms with E-state index in [-0.39, 0.29) is 11.0 Å². The van der Waals surface area contributed by atoms with Crippen LogP contribution in [0.5, 0.6) is 0 Å². The van der Waals surface area contributed by atoms with Gasteiger partial charge in [-0.1, -0.05) is 6.42 Å². The highest BCUT2D eigenvalue weighted by atomic mass is 32.2. The molecule has 1 fully saturated rings. The molecule has 1 aliphatic rings. The van der Waals surface area contributed by atoms with E-state index in [9.17, 15) is 8.42 Å². The monoisotopic (exact) mass is 263 g/mol. The van der Waals surface area contributed by atoms with Crippen LogP contribution in [-0.2, 0) is 14.6 Å². The van der Waals surface area contributed by atoms with Crippen molar-refractivity contribution < 1.29 is 13.2 Å². The normalized spacial score (nSPS) is 21.9. The molecule has 0 aromatic heterocycles. The lowest BCUT2D eigenvalue weighted by Gasteiger charge is -2.23. The minimum Gasteiger partial charge on any atom is -0.380 e. The molecule has 0 bridgehead atoms. The number of ether oxygens (including phenoxy) is 1. The number of sulfone groups is 1. The largest absolute Gasteiger partial charge is 0.380 e. The maximum Gasteiger partial charge on any atom is 0.154 e. The minimum absolute atomic E-state index is 0.142. The highest BCUT2D eigenvalue weighted by molar-refractivity contribution is 7.91. The zero-order valence-corrected chi connectivity index (χ0v) is 11.8. The summed E-state index contributed by atoms with van der Waals surface area (Å²) in [5.41, 5.74) is 0. The first kappa shape index (κ1) is 14.9. The summed E-state index contributed by atoms with van der Waals surface area (Å²) in [7, 11) is -2.94. The number of piperidine rings is 1. The molecule has 5 heteroatoms. The van der Waals surface area contributed by atoms with Gasteiger partial charge in [-0.05, 0) is 39.7 Å². The van der Waals surface area contributed by atoms with E-state index in [0.717, 1.165) is 13.0 Å². The van der Waals surface area contributed by atoms with E-state index in [0.29, 0.717) is 19.3 Å². The van der Waals surface area contributed by atoms with Crippen molar-refractivity contribution in [3.05, 3.63) is 0 Å². The smallest absolute Gasteiger partial charge is 0.154 e. The Kier molecular flexibility index (Phi) is 6.44. The maximum absolute atomic E-state index is 11.5. The van der Waals surface area contributed by atoms with Crippen LogP contribution in [0.2, 0.25) is 0 Å². The third-order valence-corrected chi connectivity index (χ3v) is 5.43. The van der Waals surface area contributed by atoms with Gasteiger partial charge in [-0.15, -0.1) is 0 Å². The molecule has 17 heavy (non-hydrogen) atoms. The summed E-state index contributed by atoms with van der Waals surface area (Å²) in [5.74, 6) is 0.142. The third kappa shape index (κ3) is 5.84. The Bertz CT molecular complexity index is 295. The molecule has 1 atom stereocenters. The zero-order valence-electron chi connectivity index (χ0n) is 10.9. The number of rotatable bonds is 7. The Balaban J connectivity index is 2.04.